The second kappa shape index (κ2) is 4.67. The Hall–Kier alpha value is -1.74. The van der Waals surface area contributed by atoms with E-state index >= 15 is 0 Å². The van der Waals surface area contributed by atoms with Gasteiger partial charge in [0.2, 0.25) is 0 Å². The molecule has 0 N–H and O–H groups in total. The number of hydrogen-bond donors (Lipinski definition) is 0. The van der Waals surface area contributed by atoms with Gasteiger partial charge in [-0.3, -0.25) is 0 Å². The highest BCUT2D eigenvalue weighted by atomic mass is 32.2. The molecule has 3 rings (SSSR count). The summed E-state index contributed by atoms with van der Waals surface area (Å²) in [5, 5.41) is 8.79. The van der Waals surface area contributed by atoms with E-state index in [0.717, 1.165) is 12.8 Å². The maximum Gasteiger partial charge on any atom is 0.179 e. The van der Waals surface area contributed by atoms with Crippen LogP contribution in [-0.2, 0) is 9.84 Å². The number of ether oxygens (including phenoxy) is 2. The van der Waals surface area contributed by atoms with Crippen molar-refractivity contribution in [2.75, 3.05) is 19.0 Å². The van der Waals surface area contributed by atoms with Gasteiger partial charge in [0.15, 0.2) is 21.3 Å². The molecule has 0 bridgehead atoms. The lowest BCUT2D eigenvalue weighted by atomic mass is 10.1. The van der Waals surface area contributed by atoms with Crippen LogP contribution in [0.2, 0.25) is 0 Å². The van der Waals surface area contributed by atoms with Gasteiger partial charge in [-0.05, 0) is 30.4 Å². The Morgan fingerprint density at radius 1 is 1.20 bits per heavy atom. The molecule has 1 heterocycles. The fraction of sp³-hybridized carbons (Fsp3) is 0.500. The zero-order valence-electron chi connectivity index (χ0n) is 11.0. The van der Waals surface area contributed by atoms with E-state index in [9.17, 15) is 8.42 Å². The van der Waals surface area contributed by atoms with Crippen LogP contribution < -0.4 is 9.47 Å². The number of benzene rings is 1. The summed E-state index contributed by atoms with van der Waals surface area (Å²) in [7, 11) is -3.40. The number of fused-ring (bicyclic) bond motifs is 1. The van der Waals surface area contributed by atoms with Gasteiger partial charge in [-0.25, -0.2) is 8.42 Å². The highest BCUT2D eigenvalue weighted by Crippen LogP contribution is 2.50. The van der Waals surface area contributed by atoms with Gasteiger partial charge in [0.25, 0.3) is 0 Å². The van der Waals surface area contributed by atoms with Crippen molar-refractivity contribution >= 4 is 9.84 Å². The molecule has 1 fully saturated rings. The van der Waals surface area contributed by atoms with Crippen LogP contribution in [0.4, 0.5) is 0 Å². The Morgan fingerprint density at radius 2 is 1.90 bits per heavy atom. The summed E-state index contributed by atoms with van der Waals surface area (Å²) >= 11 is 0. The Kier molecular flexibility index (Phi) is 3.09. The van der Waals surface area contributed by atoms with E-state index in [-0.39, 0.29) is 16.1 Å². The zero-order valence-corrected chi connectivity index (χ0v) is 11.8. The smallest absolute Gasteiger partial charge is 0.179 e. The molecule has 1 aliphatic carbocycles. The molecule has 0 radical (unpaired) electrons. The molecule has 2 aliphatic rings. The minimum atomic E-state index is -3.40. The van der Waals surface area contributed by atoms with Crippen LogP contribution in [0.1, 0.15) is 19.3 Å². The number of nitrogens with zero attached hydrogens (tertiary/aromatic N) is 1. The molecule has 1 aliphatic heterocycles. The number of hydrogen-bond acceptors (Lipinski definition) is 5. The number of rotatable bonds is 4. The van der Waals surface area contributed by atoms with E-state index in [4.69, 9.17) is 14.7 Å². The van der Waals surface area contributed by atoms with Crippen molar-refractivity contribution in [2.24, 2.45) is 5.41 Å². The van der Waals surface area contributed by atoms with Crippen molar-refractivity contribution in [2.45, 2.75) is 24.2 Å². The van der Waals surface area contributed by atoms with Crippen LogP contribution in [0.25, 0.3) is 0 Å². The van der Waals surface area contributed by atoms with Gasteiger partial charge in [-0.1, -0.05) is 0 Å². The number of nitriles is 1. The lowest BCUT2D eigenvalue weighted by molar-refractivity contribution is 0.171. The molecule has 6 heteroatoms. The molecule has 0 atom stereocenters. The fourth-order valence-corrected chi connectivity index (χ4v) is 4.35. The highest BCUT2D eigenvalue weighted by Gasteiger charge is 2.46. The molecule has 5 nitrogen and oxygen atoms in total. The molecule has 20 heavy (non-hydrogen) atoms. The lowest BCUT2D eigenvalue weighted by Crippen LogP contribution is -2.19. The Balaban J connectivity index is 1.86. The van der Waals surface area contributed by atoms with E-state index in [1.807, 2.05) is 0 Å². The van der Waals surface area contributed by atoms with Gasteiger partial charge in [-0.2, -0.15) is 5.26 Å². The second-order valence-electron chi connectivity index (χ2n) is 5.40. The third kappa shape index (κ3) is 2.46. The SMILES string of the molecule is N#CCC1(CS(=O)(=O)c2ccc3c(c2)OCCO3)CC1. The van der Waals surface area contributed by atoms with Gasteiger partial charge in [0.1, 0.15) is 13.2 Å². The summed E-state index contributed by atoms with van der Waals surface area (Å²) in [6, 6.07) is 6.78. The second-order valence-corrected chi connectivity index (χ2v) is 7.39. The standard InChI is InChI=1S/C14H15NO4S/c15-6-5-14(3-4-14)10-20(16,17)11-1-2-12-13(9-11)19-8-7-18-12/h1-2,9H,3-5,7-8,10H2. The Morgan fingerprint density at radius 3 is 2.55 bits per heavy atom. The molecule has 1 aromatic carbocycles. The average Bonchev–Trinajstić information content (AvgIpc) is 3.17. The summed E-state index contributed by atoms with van der Waals surface area (Å²) in [6.07, 6.45) is 1.92. The maximum absolute atomic E-state index is 12.4. The maximum atomic E-state index is 12.4. The lowest BCUT2D eigenvalue weighted by Gasteiger charge is -2.19. The zero-order chi connectivity index (χ0) is 14.2. The molecular formula is C14H15NO4S. The predicted molar refractivity (Wildman–Crippen MR) is 71.4 cm³/mol. The van der Waals surface area contributed by atoms with Crippen molar-refractivity contribution < 1.29 is 17.9 Å². The first-order valence-electron chi connectivity index (χ1n) is 6.54. The van der Waals surface area contributed by atoms with Gasteiger partial charge >= 0.3 is 0 Å². The van der Waals surface area contributed by atoms with E-state index < -0.39 is 9.84 Å². The quantitative estimate of drug-likeness (QED) is 0.847. The highest BCUT2D eigenvalue weighted by molar-refractivity contribution is 7.91. The van der Waals surface area contributed by atoms with Gasteiger partial charge in [-0.15, -0.1) is 0 Å². The van der Waals surface area contributed by atoms with Gasteiger partial charge < -0.3 is 9.47 Å². The summed E-state index contributed by atoms with van der Waals surface area (Å²) < 4.78 is 35.7. The first-order valence-corrected chi connectivity index (χ1v) is 8.19. The molecular weight excluding hydrogens is 278 g/mol. The largest absolute Gasteiger partial charge is 0.486 e. The summed E-state index contributed by atoms with van der Waals surface area (Å²) in [6.45, 7) is 0.902. The first kappa shape index (κ1) is 13.3. The van der Waals surface area contributed by atoms with Crippen LogP contribution in [0, 0.1) is 16.7 Å². The van der Waals surface area contributed by atoms with Crippen molar-refractivity contribution in [3.8, 4) is 17.6 Å². The van der Waals surface area contributed by atoms with Gasteiger partial charge in [0.05, 0.1) is 16.7 Å². The number of sulfone groups is 1. The third-order valence-corrected chi connectivity index (χ3v) is 5.74. The van der Waals surface area contributed by atoms with Crippen LogP contribution in [0.15, 0.2) is 23.1 Å². The third-order valence-electron chi connectivity index (χ3n) is 3.78. The Labute approximate surface area is 118 Å². The molecule has 1 aromatic rings. The van der Waals surface area contributed by atoms with Crippen molar-refractivity contribution in [3.05, 3.63) is 18.2 Å². The molecule has 106 valence electrons. The molecule has 1 saturated carbocycles. The molecule has 0 unspecified atom stereocenters. The topological polar surface area (TPSA) is 76.4 Å². The Bertz CT molecular complexity index is 671. The molecule has 0 saturated heterocycles. The van der Waals surface area contributed by atoms with E-state index in [1.165, 1.54) is 6.07 Å². The van der Waals surface area contributed by atoms with Crippen LogP contribution in [-0.4, -0.2) is 27.4 Å². The van der Waals surface area contributed by atoms with Crippen LogP contribution >= 0.6 is 0 Å². The first-order chi connectivity index (χ1) is 9.55. The van der Waals surface area contributed by atoms with Crippen molar-refractivity contribution in [1.82, 2.24) is 0 Å². The normalized spacial score (nSPS) is 19.1. The molecule has 0 aromatic heterocycles. The average molecular weight is 293 g/mol. The minimum absolute atomic E-state index is 0.0349. The minimum Gasteiger partial charge on any atom is -0.486 e. The predicted octanol–water partition coefficient (Wildman–Crippen LogP) is 1.93. The van der Waals surface area contributed by atoms with Crippen molar-refractivity contribution in [3.63, 3.8) is 0 Å². The van der Waals surface area contributed by atoms with E-state index in [0.29, 0.717) is 31.1 Å². The monoisotopic (exact) mass is 293 g/mol. The van der Waals surface area contributed by atoms with Crippen LogP contribution in [0.5, 0.6) is 11.5 Å². The van der Waals surface area contributed by atoms with Crippen molar-refractivity contribution in [1.29, 1.82) is 5.26 Å². The molecule has 0 amide bonds. The summed E-state index contributed by atoms with van der Waals surface area (Å²) in [5.74, 6) is 1.09. The van der Waals surface area contributed by atoms with Crippen LogP contribution in [0.3, 0.4) is 0 Å². The van der Waals surface area contributed by atoms with E-state index in [1.54, 1.807) is 12.1 Å². The van der Waals surface area contributed by atoms with E-state index in [2.05, 4.69) is 6.07 Å². The summed E-state index contributed by atoms with van der Waals surface area (Å²) in [4.78, 5) is 0.242. The summed E-state index contributed by atoms with van der Waals surface area (Å²) in [5.41, 5.74) is -0.332. The molecule has 0 spiro atoms. The van der Waals surface area contributed by atoms with Gasteiger partial charge in [0, 0.05) is 12.5 Å². The fourth-order valence-electron chi connectivity index (χ4n) is 2.42.